The van der Waals surface area contributed by atoms with Crippen LogP contribution in [0.15, 0.2) is 46.9 Å². The number of nitriles is 1. The van der Waals surface area contributed by atoms with Crippen LogP contribution in [0.1, 0.15) is 16.7 Å². The minimum Gasteiger partial charge on any atom is -0.381 e. The summed E-state index contributed by atoms with van der Waals surface area (Å²) in [6.45, 7) is 0.380. The van der Waals surface area contributed by atoms with E-state index in [-0.39, 0.29) is 4.47 Å². The monoisotopic (exact) mass is 354 g/mol. The lowest BCUT2D eigenvalue weighted by Gasteiger charge is -2.12. The van der Waals surface area contributed by atoms with Gasteiger partial charge in [-0.3, -0.25) is 0 Å². The van der Waals surface area contributed by atoms with Crippen LogP contribution in [0.2, 0.25) is 0 Å². The molecule has 0 spiro atoms. The lowest BCUT2D eigenvalue weighted by molar-refractivity contribution is -0.138. The van der Waals surface area contributed by atoms with Crippen molar-refractivity contribution in [2.24, 2.45) is 0 Å². The van der Waals surface area contributed by atoms with Crippen molar-refractivity contribution < 1.29 is 13.2 Å². The summed E-state index contributed by atoms with van der Waals surface area (Å²) in [5, 5.41) is 11.6. The van der Waals surface area contributed by atoms with Crippen LogP contribution in [0.4, 0.5) is 18.9 Å². The Morgan fingerprint density at radius 1 is 1.10 bits per heavy atom. The van der Waals surface area contributed by atoms with Crippen LogP contribution >= 0.6 is 15.9 Å². The highest BCUT2D eigenvalue weighted by atomic mass is 79.9. The number of halogens is 4. The van der Waals surface area contributed by atoms with E-state index in [2.05, 4.69) is 21.2 Å². The maximum atomic E-state index is 12.8. The second kappa shape index (κ2) is 6.19. The van der Waals surface area contributed by atoms with Crippen molar-refractivity contribution in [2.45, 2.75) is 12.7 Å². The number of hydrogen-bond donors (Lipinski definition) is 1. The van der Waals surface area contributed by atoms with E-state index >= 15 is 0 Å². The maximum Gasteiger partial charge on any atom is 0.417 e. The summed E-state index contributed by atoms with van der Waals surface area (Å²) in [6, 6.07) is 12.9. The third-order valence-electron chi connectivity index (χ3n) is 2.85. The summed E-state index contributed by atoms with van der Waals surface area (Å²) < 4.78 is 38.4. The van der Waals surface area contributed by atoms with Gasteiger partial charge in [0.25, 0.3) is 0 Å². The number of nitrogens with zero attached hydrogens (tertiary/aromatic N) is 1. The summed E-state index contributed by atoms with van der Waals surface area (Å²) in [5.74, 6) is 0. The molecule has 2 nitrogen and oxygen atoms in total. The zero-order valence-electron chi connectivity index (χ0n) is 10.7. The van der Waals surface area contributed by atoms with Gasteiger partial charge in [0.1, 0.15) is 0 Å². The number of rotatable bonds is 3. The van der Waals surface area contributed by atoms with Crippen LogP contribution in [-0.4, -0.2) is 0 Å². The summed E-state index contributed by atoms with van der Waals surface area (Å²) in [5.41, 5.74) is 1.09. The highest BCUT2D eigenvalue weighted by Crippen LogP contribution is 2.36. The van der Waals surface area contributed by atoms with Crippen LogP contribution in [0.5, 0.6) is 0 Å². The molecule has 0 aromatic heterocycles. The summed E-state index contributed by atoms with van der Waals surface area (Å²) >= 11 is 2.90. The fourth-order valence-electron chi connectivity index (χ4n) is 1.75. The summed E-state index contributed by atoms with van der Waals surface area (Å²) in [7, 11) is 0. The minimum absolute atomic E-state index is 0.0129. The Bertz CT molecular complexity index is 673. The molecular weight excluding hydrogens is 345 g/mol. The largest absolute Gasteiger partial charge is 0.417 e. The predicted molar refractivity (Wildman–Crippen MR) is 77.6 cm³/mol. The van der Waals surface area contributed by atoms with Crippen LogP contribution in [0.25, 0.3) is 0 Å². The SMILES string of the molecule is N#Cc1ccc(CNc2ccc(Br)c(C(F)(F)F)c2)cc1. The van der Waals surface area contributed by atoms with Crippen molar-refractivity contribution in [1.29, 1.82) is 5.26 Å². The van der Waals surface area contributed by atoms with Gasteiger partial charge in [-0.15, -0.1) is 0 Å². The standard InChI is InChI=1S/C15H10BrF3N2/c16-14-6-5-12(7-13(14)15(17,18)19)21-9-11-3-1-10(8-20)2-4-11/h1-7,21H,9H2. The van der Waals surface area contributed by atoms with Crippen molar-refractivity contribution in [3.8, 4) is 6.07 Å². The fourth-order valence-corrected chi connectivity index (χ4v) is 2.23. The third kappa shape index (κ3) is 3.99. The maximum absolute atomic E-state index is 12.8. The molecule has 2 aromatic carbocycles. The van der Waals surface area contributed by atoms with Crippen molar-refractivity contribution >= 4 is 21.6 Å². The van der Waals surface area contributed by atoms with Gasteiger partial charge in [0.05, 0.1) is 17.2 Å². The molecule has 108 valence electrons. The fraction of sp³-hybridized carbons (Fsp3) is 0.133. The molecule has 21 heavy (non-hydrogen) atoms. The van der Waals surface area contributed by atoms with Gasteiger partial charge in [-0.1, -0.05) is 28.1 Å². The Labute approximate surface area is 128 Å². The zero-order chi connectivity index (χ0) is 15.5. The molecule has 0 aliphatic carbocycles. The minimum atomic E-state index is -4.40. The topological polar surface area (TPSA) is 35.8 Å². The molecule has 0 aliphatic rings. The van der Waals surface area contributed by atoms with Gasteiger partial charge < -0.3 is 5.32 Å². The normalized spacial score (nSPS) is 11.0. The number of hydrogen-bond acceptors (Lipinski definition) is 2. The van der Waals surface area contributed by atoms with E-state index in [0.717, 1.165) is 11.6 Å². The van der Waals surface area contributed by atoms with E-state index in [0.29, 0.717) is 17.8 Å². The van der Waals surface area contributed by atoms with Gasteiger partial charge >= 0.3 is 6.18 Å². The number of benzene rings is 2. The summed E-state index contributed by atoms with van der Waals surface area (Å²) in [6.07, 6.45) is -4.40. The smallest absolute Gasteiger partial charge is 0.381 e. The van der Waals surface area contributed by atoms with Crippen LogP contribution in [0.3, 0.4) is 0 Å². The van der Waals surface area contributed by atoms with E-state index in [9.17, 15) is 13.2 Å². The Balaban J connectivity index is 2.11. The molecule has 0 heterocycles. The lowest BCUT2D eigenvalue weighted by atomic mass is 10.1. The van der Waals surface area contributed by atoms with Crippen LogP contribution < -0.4 is 5.32 Å². The van der Waals surface area contributed by atoms with Gasteiger partial charge in [-0.25, -0.2) is 0 Å². The van der Waals surface area contributed by atoms with Crippen molar-refractivity contribution in [1.82, 2.24) is 0 Å². The van der Waals surface area contributed by atoms with E-state index < -0.39 is 11.7 Å². The molecule has 2 aromatic rings. The van der Waals surface area contributed by atoms with Gasteiger partial charge in [-0.05, 0) is 35.9 Å². The molecule has 0 unspecified atom stereocenters. The number of nitrogens with one attached hydrogen (secondary N) is 1. The average Bonchev–Trinajstić information content (AvgIpc) is 2.45. The quantitative estimate of drug-likeness (QED) is 0.846. The first-order chi connectivity index (χ1) is 9.90. The molecule has 0 radical (unpaired) electrons. The molecular formula is C15H10BrF3N2. The Morgan fingerprint density at radius 2 is 1.76 bits per heavy atom. The Hall–Kier alpha value is -2.00. The molecule has 0 amide bonds. The first-order valence-electron chi connectivity index (χ1n) is 6.00. The van der Waals surface area contributed by atoms with Gasteiger partial charge in [0, 0.05) is 16.7 Å². The highest BCUT2D eigenvalue weighted by Gasteiger charge is 2.33. The molecule has 2 rings (SSSR count). The van der Waals surface area contributed by atoms with Gasteiger partial charge in [-0.2, -0.15) is 18.4 Å². The van der Waals surface area contributed by atoms with E-state index in [1.165, 1.54) is 6.07 Å². The molecule has 0 bridgehead atoms. The molecule has 1 N–H and O–H groups in total. The molecule has 0 aliphatic heterocycles. The number of alkyl halides is 3. The molecule has 0 saturated carbocycles. The molecule has 0 fully saturated rings. The second-order valence-corrected chi connectivity index (χ2v) is 5.21. The van der Waals surface area contributed by atoms with Gasteiger partial charge in [0.2, 0.25) is 0 Å². The van der Waals surface area contributed by atoms with Crippen molar-refractivity contribution in [2.75, 3.05) is 5.32 Å². The second-order valence-electron chi connectivity index (χ2n) is 4.35. The lowest BCUT2D eigenvalue weighted by Crippen LogP contribution is -2.07. The van der Waals surface area contributed by atoms with Gasteiger partial charge in [0.15, 0.2) is 0 Å². The van der Waals surface area contributed by atoms with E-state index in [4.69, 9.17) is 5.26 Å². The highest BCUT2D eigenvalue weighted by molar-refractivity contribution is 9.10. The van der Waals surface area contributed by atoms with Crippen LogP contribution in [-0.2, 0) is 12.7 Å². The zero-order valence-corrected chi connectivity index (χ0v) is 12.3. The predicted octanol–water partition coefficient (Wildman–Crippen LogP) is 4.95. The first-order valence-corrected chi connectivity index (χ1v) is 6.79. The van der Waals surface area contributed by atoms with Crippen molar-refractivity contribution in [3.05, 3.63) is 63.6 Å². The Morgan fingerprint density at radius 3 is 2.33 bits per heavy atom. The average molecular weight is 355 g/mol. The Kier molecular flexibility index (Phi) is 4.53. The molecule has 0 atom stereocenters. The summed E-state index contributed by atoms with van der Waals surface area (Å²) in [4.78, 5) is 0. The molecule has 0 saturated heterocycles. The first kappa shape index (κ1) is 15.4. The van der Waals surface area contributed by atoms with Crippen LogP contribution in [0, 0.1) is 11.3 Å². The van der Waals surface area contributed by atoms with Crippen molar-refractivity contribution in [3.63, 3.8) is 0 Å². The van der Waals surface area contributed by atoms with E-state index in [1.807, 2.05) is 6.07 Å². The number of anilines is 1. The third-order valence-corrected chi connectivity index (χ3v) is 3.54. The molecule has 6 heteroatoms. The van der Waals surface area contributed by atoms with E-state index in [1.54, 1.807) is 30.3 Å².